The fourth-order valence-electron chi connectivity index (χ4n) is 2.65. The second kappa shape index (κ2) is 13.9. The fraction of sp³-hybridized carbons (Fsp3) is 0.545. The summed E-state index contributed by atoms with van der Waals surface area (Å²) in [6.07, 6.45) is -1.09. The molecule has 1 aromatic carbocycles. The summed E-state index contributed by atoms with van der Waals surface area (Å²) in [5.41, 5.74) is 6.41. The molecule has 0 fully saturated rings. The normalized spacial score (nSPS) is 13.2. The first kappa shape index (κ1) is 27.7. The van der Waals surface area contributed by atoms with E-state index >= 15 is 0 Å². The van der Waals surface area contributed by atoms with Gasteiger partial charge in [0.25, 0.3) is 0 Å². The van der Waals surface area contributed by atoms with E-state index in [0.29, 0.717) is 12.0 Å². The molecule has 33 heavy (non-hydrogen) atoms. The molecule has 0 aliphatic carbocycles. The molecule has 1 aromatic rings. The van der Waals surface area contributed by atoms with Crippen LogP contribution in [0.2, 0.25) is 0 Å². The van der Waals surface area contributed by atoms with Gasteiger partial charge in [-0.15, -0.1) is 0 Å². The van der Waals surface area contributed by atoms with E-state index in [1.807, 2.05) is 6.92 Å². The zero-order valence-electron chi connectivity index (χ0n) is 19.5. The lowest BCUT2D eigenvalue weighted by Crippen LogP contribution is -2.36. The van der Waals surface area contributed by atoms with Gasteiger partial charge in [0.1, 0.15) is 18.8 Å². The molecular formula is C22H31NO10. The predicted molar refractivity (Wildman–Crippen MR) is 115 cm³/mol. The first-order valence-electron chi connectivity index (χ1n) is 10.4. The van der Waals surface area contributed by atoms with Crippen LogP contribution in [0.1, 0.15) is 39.2 Å². The first-order chi connectivity index (χ1) is 15.6. The minimum Gasteiger partial charge on any atom is -0.461 e. The number of carbonyl (C=O) groups excluding carboxylic acids is 4. The Bertz CT molecular complexity index is 825. The number of hydrogen-bond acceptors (Lipinski definition) is 11. The van der Waals surface area contributed by atoms with Crippen LogP contribution in [0.5, 0.6) is 11.5 Å². The molecule has 184 valence electrons. The Morgan fingerprint density at radius 3 is 2.12 bits per heavy atom. The lowest BCUT2D eigenvalue weighted by atomic mass is 10.1. The molecule has 0 radical (unpaired) electrons. The van der Waals surface area contributed by atoms with Crippen molar-refractivity contribution in [3.63, 3.8) is 0 Å². The third-order valence-corrected chi connectivity index (χ3v) is 4.39. The molecule has 0 heterocycles. The van der Waals surface area contributed by atoms with Gasteiger partial charge in [-0.3, -0.25) is 9.59 Å². The predicted octanol–water partition coefficient (Wildman–Crippen LogP) is 2.76. The van der Waals surface area contributed by atoms with Crippen LogP contribution in [0.4, 0.5) is 9.59 Å². The smallest absolute Gasteiger partial charge is 0.461 e. The van der Waals surface area contributed by atoms with Crippen molar-refractivity contribution >= 4 is 24.2 Å². The highest BCUT2D eigenvalue weighted by Gasteiger charge is 2.22. The van der Waals surface area contributed by atoms with Crippen LogP contribution in [0.3, 0.4) is 0 Å². The summed E-state index contributed by atoms with van der Waals surface area (Å²) in [6, 6.07) is 3.18. The Labute approximate surface area is 192 Å². The number of rotatable bonds is 11. The molecule has 0 bridgehead atoms. The van der Waals surface area contributed by atoms with Gasteiger partial charge in [-0.2, -0.15) is 0 Å². The van der Waals surface area contributed by atoms with Crippen molar-refractivity contribution in [2.24, 2.45) is 11.7 Å². The van der Waals surface area contributed by atoms with Crippen LogP contribution in [0.25, 0.3) is 0 Å². The van der Waals surface area contributed by atoms with Crippen LogP contribution >= 0.6 is 0 Å². The number of esters is 2. The van der Waals surface area contributed by atoms with Crippen molar-refractivity contribution in [3.05, 3.63) is 23.8 Å². The molecule has 3 atom stereocenters. The third kappa shape index (κ3) is 9.77. The van der Waals surface area contributed by atoms with E-state index in [1.54, 1.807) is 13.8 Å². The van der Waals surface area contributed by atoms with E-state index in [0.717, 1.165) is 20.6 Å². The van der Waals surface area contributed by atoms with E-state index in [9.17, 15) is 19.2 Å². The Morgan fingerprint density at radius 1 is 0.939 bits per heavy atom. The van der Waals surface area contributed by atoms with Gasteiger partial charge in [0, 0.05) is 0 Å². The van der Waals surface area contributed by atoms with Gasteiger partial charge in [-0.1, -0.05) is 26.3 Å². The summed E-state index contributed by atoms with van der Waals surface area (Å²) in [5.74, 6) is -1.52. The molecule has 0 saturated carbocycles. The number of benzene rings is 1. The van der Waals surface area contributed by atoms with Gasteiger partial charge in [0.15, 0.2) is 11.5 Å². The highest BCUT2D eigenvalue weighted by atomic mass is 16.7. The molecule has 0 saturated heterocycles. The molecule has 1 unspecified atom stereocenters. The summed E-state index contributed by atoms with van der Waals surface area (Å²) in [4.78, 5) is 47.0. The molecular weight excluding hydrogens is 438 g/mol. The molecule has 0 aliphatic heterocycles. The van der Waals surface area contributed by atoms with Crippen molar-refractivity contribution in [1.82, 2.24) is 0 Å². The van der Waals surface area contributed by atoms with Gasteiger partial charge in [-0.05, 0) is 37.5 Å². The molecule has 11 heteroatoms. The summed E-state index contributed by atoms with van der Waals surface area (Å²) < 4.78 is 29.2. The molecule has 11 nitrogen and oxygen atoms in total. The van der Waals surface area contributed by atoms with Crippen LogP contribution < -0.4 is 15.2 Å². The van der Waals surface area contributed by atoms with Gasteiger partial charge in [0.2, 0.25) is 0 Å². The van der Waals surface area contributed by atoms with Crippen LogP contribution in [0, 0.1) is 5.92 Å². The van der Waals surface area contributed by atoms with E-state index in [-0.39, 0.29) is 36.4 Å². The Balaban J connectivity index is 2.72. The van der Waals surface area contributed by atoms with Crippen LogP contribution in [-0.4, -0.2) is 57.2 Å². The highest BCUT2D eigenvalue weighted by molar-refractivity contribution is 5.76. The van der Waals surface area contributed by atoms with Gasteiger partial charge < -0.3 is 34.2 Å². The summed E-state index contributed by atoms with van der Waals surface area (Å²) >= 11 is 0. The van der Waals surface area contributed by atoms with E-state index in [4.69, 9.17) is 24.7 Å². The number of nitrogens with two attached hydrogens (primary N) is 1. The van der Waals surface area contributed by atoms with Crippen molar-refractivity contribution < 1.29 is 47.6 Å². The largest absolute Gasteiger partial charge is 0.513 e. The average molecular weight is 469 g/mol. The second-order valence-electron chi connectivity index (χ2n) is 7.27. The van der Waals surface area contributed by atoms with Crippen molar-refractivity contribution in [3.8, 4) is 11.5 Å². The monoisotopic (exact) mass is 469 g/mol. The zero-order valence-corrected chi connectivity index (χ0v) is 19.5. The SMILES string of the molecule is CCCC(C)C(=O)O[C@@H](C)COC(=O)[C@@H](N)Cc1ccc(OC(=O)OC)c(OC(=O)OC)c1. The minimum atomic E-state index is -1.05. The van der Waals surface area contributed by atoms with Gasteiger partial charge in [-0.25, -0.2) is 9.59 Å². The Hall–Kier alpha value is -3.34. The number of ether oxygens (including phenoxy) is 6. The standard InChI is InChI=1S/C22H31NO10/c1-6-7-13(2)19(24)31-14(3)12-30-20(25)16(23)10-15-8-9-17(32-21(26)28-4)18(11-15)33-22(27)29-5/h8-9,11,13-14,16H,6-7,10,12,23H2,1-5H3/t13?,14-,16-/m0/s1. The Morgan fingerprint density at radius 2 is 1.55 bits per heavy atom. The molecule has 1 rings (SSSR count). The number of carbonyl (C=O) groups is 4. The first-order valence-corrected chi connectivity index (χ1v) is 10.4. The average Bonchev–Trinajstić information content (AvgIpc) is 2.78. The maximum absolute atomic E-state index is 12.3. The fourth-order valence-corrected chi connectivity index (χ4v) is 2.65. The van der Waals surface area contributed by atoms with Gasteiger partial charge >= 0.3 is 24.2 Å². The highest BCUT2D eigenvalue weighted by Crippen LogP contribution is 2.29. The maximum Gasteiger partial charge on any atom is 0.513 e. The third-order valence-electron chi connectivity index (χ3n) is 4.39. The number of methoxy groups -OCH3 is 2. The van der Waals surface area contributed by atoms with Crippen LogP contribution in [-0.2, 0) is 35.0 Å². The maximum atomic E-state index is 12.3. The topological polar surface area (TPSA) is 150 Å². The zero-order chi connectivity index (χ0) is 25.0. The lowest BCUT2D eigenvalue weighted by Gasteiger charge is -2.18. The molecule has 0 amide bonds. The van der Waals surface area contributed by atoms with Crippen LogP contribution in [0.15, 0.2) is 18.2 Å². The molecule has 0 aromatic heterocycles. The summed E-state index contributed by atoms with van der Waals surface area (Å²) in [7, 11) is 2.23. The Kier molecular flexibility index (Phi) is 11.7. The molecule has 0 aliphatic rings. The summed E-state index contributed by atoms with van der Waals surface area (Å²) in [6.45, 7) is 5.23. The number of hydrogen-bond donors (Lipinski definition) is 1. The van der Waals surface area contributed by atoms with Gasteiger partial charge in [0.05, 0.1) is 20.1 Å². The van der Waals surface area contributed by atoms with E-state index in [2.05, 4.69) is 9.47 Å². The van der Waals surface area contributed by atoms with Crippen molar-refractivity contribution in [2.75, 3.05) is 20.8 Å². The second-order valence-corrected chi connectivity index (χ2v) is 7.27. The lowest BCUT2D eigenvalue weighted by molar-refractivity contribution is -0.161. The van der Waals surface area contributed by atoms with E-state index in [1.165, 1.54) is 18.2 Å². The van der Waals surface area contributed by atoms with E-state index < -0.39 is 30.4 Å². The quantitative estimate of drug-likeness (QED) is 0.289. The summed E-state index contributed by atoms with van der Waals surface area (Å²) in [5, 5.41) is 0. The van der Waals surface area contributed by atoms with Crippen molar-refractivity contribution in [2.45, 2.75) is 52.2 Å². The molecule has 0 spiro atoms. The van der Waals surface area contributed by atoms with Crippen molar-refractivity contribution in [1.29, 1.82) is 0 Å². The minimum absolute atomic E-state index is 0.0244. The molecule has 2 N–H and O–H groups in total.